The van der Waals surface area contributed by atoms with Gasteiger partial charge in [-0.05, 0) is 36.8 Å². The Morgan fingerprint density at radius 2 is 1.85 bits per heavy atom. The van der Waals surface area contributed by atoms with Crippen LogP contribution < -0.4 is 5.32 Å². The van der Waals surface area contributed by atoms with Crippen molar-refractivity contribution in [1.82, 2.24) is 14.8 Å². The lowest BCUT2D eigenvalue weighted by atomic mass is 10.1. The van der Waals surface area contributed by atoms with Crippen molar-refractivity contribution in [3.05, 3.63) is 71.0 Å². The van der Waals surface area contributed by atoms with E-state index in [-0.39, 0.29) is 11.7 Å². The van der Waals surface area contributed by atoms with Crippen LogP contribution in [-0.4, -0.2) is 26.4 Å². The second-order valence-electron chi connectivity index (χ2n) is 5.65. The summed E-state index contributed by atoms with van der Waals surface area (Å²) in [5, 5.41) is 12.9. The molecule has 1 heterocycles. The molecule has 3 rings (SSSR count). The molecule has 0 saturated heterocycles. The first-order valence-electron chi connectivity index (χ1n) is 8.30. The number of para-hydroxylation sites is 1. The van der Waals surface area contributed by atoms with Gasteiger partial charge in [0, 0.05) is 23.7 Å². The molecule has 0 spiro atoms. The lowest BCUT2D eigenvalue weighted by molar-refractivity contribution is -0.113. The molecule has 0 atom stereocenters. The Hall–Kier alpha value is -2.31. The van der Waals surface area contributed by atoms with Crippen molar-refractivity contribution in [2.45, 2.75) is 25.0 Å². The van der Waals surface area contributed by atoms with Crippen LogP contribution in [0.15, 0.2) is 59.8 Å². The zero-order chi connectivity index (χ0) is 18.4. The molecule has 0 fully saturated rings. The Labute approximate surface area is 161 Å². The first-order chi connectivity index (χ1) is 12.7. The third-order valence-corrected chi connectivity index (χ3v) is 4.99. The van der Waals surface area contributed by atoms with Gasteiger partial charge in [-0.15, -0.1) is 10.2 Å². The lowest BCUT2D eigenvalue weighted by Gasteiger charge is -2.08. The van der Waals surface area contributed by atoms with Crippen LogP contribution in [0.2, 0.25) is 5.02 Å². The second-order valence-corrected chi connectivity index (χ2v) is 7.03. The molecule has 5 nitrogen and oxygen atoms in total. The Morgan fingerprint density at radius 1 is 1.12 bits per heavy atom. The molecule has 1 aromatic heterocycles. The van der Waals surface area contributed by atoms with Gasteiger partial charge in [-0.1, -0.05) is 53.7 Å². The van der Waals surface area contributed by atoms with Crippen LogP contribution in [0.5, 0.6) is 0 Å². The van der Waals surface area contributed by atoms with Crippen molar-refractivity contribution in [3.8, 4) is 0 Å². The lowest BCUT2D eigenvalue weighted by Crippen LogP contribution is -2.14. The Morgan fingerprint density at radius 3 is 2.54 bits per heavy atom. The van der Waals surface area contributed by atoms with Crippen molar-refractivity contribution in [1.29, 1.82) is 0 Å². The van der Waals surface area contributed by atoms with Crippen molar-refractivity contribution < 1.29 is 4.79 Å². The monoisotopic (exact) mass is 386 g/mol. The maximum atomic E-state index is 12.1. The highest BCUT2D eigenvalue weighted by atomic mass is 35.5. The summed E-state index contributed by atoms with van der Waals surface area (Å²) in [7, 11) is 0. The molecule has 2 aromatic carbocycles. The van der Waals surface area contributed by atoms with Gasteiger partial charge in [-0.25, -0.2) is 0 Å². The molecule has 0 unspecified atom stereocenters. The predicted molar refractivity (Wildman–Crippen MR) is 106 cm³/mol. The normalized spacial score (nSPS) is 10.7. The summed E-state index contributed by atoms with van der Waals surface area (Å²) in [5.74, 6) is 1.10. The number of aromatic nitrogens is 3. The maximum absolute atomic E-state index is 12.1. The second kappa shape index (κ2) is 8.87. The Kier molecular flexibility index (Phi) is 6.30. The quantitative estimate of drug-likeness (QED) is 0.616. The number of carbonyl (C=O) groups excluding carboxylic acids is 1. The summed E-state index contributed by atoms with van der Waals surface area (Å²) in [6.07, 6.45) is 0.675. The number of nitrogens with one attached hydrogen (secondary N) is 1. The predicted octanol–water partition coefficient (Wildman–Crippen LogP) is 4.27. The minimum absolute atomic E-state index is 0.0638. The number of hydrogen-bond acceptors (Lipinski definition) is 4. The molecule has 0 radical (unpaired) electrons. The first kappa shape index (κ1) is 18.5. The molecule has 7 heteroatoms. The van der Waals surface area contributed by atoms with Gasteiger partial charge in [0.1, 0.15) is 5.82 Å². The van der Waals surface area contributed by atoms with E-state index in [0.29, 0.717) is 11.4 Å². The summed E-state index contributed by atoms with van der Waals surface area (Å²) in [6.45, 7) is 2.79. The maximum Gasteiger partial charge on any atom is 0.234 e. The number of hydrogen-bond donors (Lipinski definition) is 1. The summed E-state index contributed by atoms with van der Waals surface area (Å²) in [5.41, 5.74) is 1.91. The van der Waals surface area contributed by atoms with Gasteiger partial charge >= 0.3 is 0 Å². The van der Waals surface area contributed by atoms with Gasteiger partial charge in [0.25, 0.3) is 0 Å². The fourth-order valence-electron chi connectivity index (χ4n) is 2.51. The van der Waals surface area contributed by atoms with Crippen LogP contribution in [0, 0.1) is 0 Å². The largest absolute Gasteiger partial charge is 0.325 e. The van der Waals surface area contributed by atoms with Gasteiger partial charge in [0.2, 0.25) is 5.91 Å². The highest BCUT2D eigenvalue weighted by molar-refractivity contribution is 7.99. The van der Waals surface area contributed by atoms with Crippen molar-refractivity contribution in [3.63, 3.8) is 0 Å². The molecule has 134 valence electrons. The average Bonchev–Trinajstić information content (AvgIpc) is 3.04. The molecule has 0 aliphatic heterocycles. The van der Waals surface area contributed by atoms with Gasteiger partial charge < -0.3 is 9.88 Å². The van der Waals surface area contributed by atoms with Crippen LogP contribution in [-0.2, 0) is 17.8 Å². The number of thioether (sulfide) groups is 1. The van der Waals surface area contributed by atoms with E-state index in [1.165, 1.54) is 11.8 Å². The zero-order valence-corrected chi connectivity index (χ0v) is 15.9. The Balaban J connectivity index is 1.62. The van der Waals surface area contributed by atoms with E-state index in [1.807, 2.05) is 66.1 Å². The fraction of sp³-hybridized carbons (Fsp3) is 0.211. The molecule has 0 saturated carbocycles. The topological polar surface area (TPSA) is 59.8 Å². The average molecular weight is 387 g/mol. The minimum atomic E-state index is -0.0638. The minimum Gasteiger partial charge on any atom is -0.325 e. The van der Waals surface area contributed by atoms with Crippen molar-refractivity contribution in [2.75, 3.05) is 11.1 Å². The van der Waals surface area contributed by atoms with Gasteiger partial charge in [-0.3, -0.25) is 4.79 Å². The molecule has 1 amide bonds. The molecule has 26 heavy (non-hydrogen) atoms. The standard InChI is InChI=1S/C19H19ClN4OS/c1-2-24-17(12-14-8-10-15(20)11-9-14)22-23-19(24)26-13-18(25)21-16-6-4-3-5-7-16/h3-11H,2,12-13H2,1H3,(H,21,25). The van der Waals surface area contributed by atoms with E-state index in [1.54, 1.807) is 0 Å². The van der Waals surface area contributed by atoms with Gasteiger partial charge in [0.05, 0.1) is 5.75 Å². The zero-order valence-electron chi connectivity index (χ0n) is 14.4. The van der Waals surface area contributed by atoms with Gasteiger partial charge in [0.15, 0.2) is 5.16 Å². The number of nitrogens with zero attached hydrogens (tertiary/aromatic N) is 3. The third-order valence-electron chi connectivity index (χ3n) is 3.78. The molecule has 3 aromatic rings. The van der Waals surface area contributed by atoms with Crippen molar-refractivity contribution in [2.24, 2.45) is 0 Å². The number of amides is 1. The van der Waals surface area contributed by atoms with E-state index >= 15 is 0 Å². The van der Waals surface area contributed by atoms with E-state index in [2.05, 4.69) is 15.5 Å². The van der Waals surface area contributed by atoms with Crippen LogP contribution in [0.1, 0.15) is 18.3 Å². The van der Waals surface area contributed by atoms with E-state index in [0.717, 1.165) is 28.8 Å². The van der Waals surface area contributed by atoms with Crippen LogP contribution in [0.25, 0.3) is 0 Å². The summed E-state index contributed by atoms with van der Waals surface area (Å²) in [4.78, 5) is 12.1. The highest BCUT2D eigenvalue weighted by Gasteiger charge is 2.13. The van der Waals surface area contributed by atoms with Crippen LogP contribution in [0.3, 0.4) is 0 Å². The molecule has 0 bridgehead atoms. The molecule has 0 aliphatic rings. The van der Waals surface area contributed by atoms with E-state index < -0.39 is 0 Å². The number of carbonyl (C=O) groups is 1. The third kappa shape index (κ3) is 4.86. The first-order valence-corrected chi connectivity index (χ1v) is 9.66. The summed E-state index contributed by atoms with van der Waals surface area (Å²) >= 11 is 7.32. The molecular formula is C19H19ClN4OS. The van der Waals surface area contributed by atoms with Crippen LogP contribution in [0.4, 0.5) is 5.69 Å². The number of benzene rings is 2. The molecular weight excluding hydrogens is 368 g/mol. The number of halogens is 1. The molecule has 1 N–H and O–H groups in total. The van der Waals surface area contributed by atoms with E-state index in [9.17, 15) is 4.79 Å². The Bertz CT molecular complexity index is 865. The fourth-order valence-corrected chi connectivity index (χ4v) is 3.45. The summed E-state index contributed by atoms with van der Waals surface area (Å²) < 4.78 is 2.04. The highest BCUT2D eigenvalue weighted by Crippen LogP contribution is 2.20. The van der Waals surface area contributed by atoms with Crippen molar-refractivity contribution >= 4 is 35.0 Å². The van der Waals surface area contributed by atoms with Gasteiger partial charge in [-0.2, -0.15) is 0 Å². The van der Waals surface area contributed by atoms with Crippen LogP contribution >= 0.6 is 23.4 Å². The smallest absolute Gasteiger partial charge is 0.234 e. The number of rotatable bonds is 7. The number of anilines is 1. The van der Waals surface area contributed by atoms with E-state index in [4.69, 9.17) is 11.6 Å². The summed E-state index contributed by atoms with van der Waals surface area (Å²) in [6, 6.07) is 17.1. The SMILES string of the molecule is CCn1c(Cc2ccc(Cl)cc2)nnc1SCC(=O)Nc1ccccc1. The molecule has 0 aliphatic carbocycles.